The minimum atomic E-state index is 1.23. The lowest BCUT2D eigenvalue weighted by Gasteiger charge is -2.11. The normalized spacial score (nSPS) is 11.7. The quantitative estimate of drug-likeness (QED) is 0.227. The number of fused-ring (bicyclic) bond motifs is 6. The van der Waals surface area contributed by atoms with Crippen LogP contribution in [0, 0.1) is 0 Å². The molecule has 0 amide bonds. The Bertz CT molecular complexity index is 2130. The van der Waals surface area contributed by atoms with E-state index in [1.54, 1.807) is 0 Å². The van der Waals surface area contributed by atoms with Gasteiger partial charge in [0.2, 0.25) is 0 Å². The maximum Gasteiger partial charge on any atom is 0.0555 e. The van der Waals surface area contributed by atoms with Crippen LogP contribution in [0.1, 0.15) is 0 Å². The zero-order valence-corrected chi connectivity index (χ0v) is 21.5. The largest absolute Gasteiger partial charge is 0.309 e. The molecule has 8 rings (SSSR count). The first-order valence-electron chi connectivity index (χ1n) is 12.9. The second-order valence-electron chi connectivity index (χ2n) is 9.78. The van der Waals surface area contributed by atoms with Gasteiger partial charge in [-0.25, -0.2) is 0 Å². The van der Waals surface area contributed by atoms with Crippen molar-refractivity contribution < 1.29 is 0 Å². The van der Waals surface area contributed by atoms with Gasteiger partial charge in [0.25, 0.3) is 0 Å². The Hall–Kier alpha value is -4.66. The van der Waals surface area contributed by atoms with Crippen molar-refractivity contribution in [1.29, 1.82) is 0 Å². The summed E-state index contributed by atoms with van der Waals surface area (Å²) in [6.07, 6.45) is 0. The van der Waals surface area contributed by atoms with E-state index in [1.165, 1.54) is 69.9 Å². The fraction of sp³-hybridized carbons (Fsp3) is 0. The molecule has 2 aromatic heterocycles. The fourth-order valence-corrected chi connectivity index (χ4v) is 6.99. The van der Waals surface area contributed by atoms with E-state index in [2.05, 4.69) is 144 Å². The van der Waals surface area contributed by atoms with Crippen molar-refractivity contribution in [2.45, 2.75) is 0 Å². The summed E-state index contributed by atoms with van der Waals surface area (Å²) in [7, 11) is 0. The molecular weight excluding hydrogens is 478 g/mol. The third-order valence-corrected chi connectivity index (χ3v) is 8.73. The molecule has 0 bridgehead atoms. The minimum Gasteiger partial charge on any atom is -0.309 e. The topological polar surface area (TPSA) is 4.93 Å². The molecule has 0 aliphatic rings. The van der Waals surface area contributed by atoms with Crippen LogP contribution in [-0.2, 0) is 0 Å². The van der Waals surface area contributed by atoms with Gasteiger partial charge in [0.05, 0.1) is 16.7 Å². The number of rotatable bonds is 3. The van der Waals surface area contributed by atoms with E-state index < -0.39 is 0 Å². The van der Waals surface area contributed by atoms with E-state index in [-0.39, 0.29) is 0 Å². The van der Waals surface area contributed by atoms with Crippen LogP contribution in [0.25, 0.3) is 69.9 Å². The van der Waals surface area contributed by atoms with Crippen LogP contribution in [0.5, 0.6) is 0 Å². The van der Waals surface area contributed by atoms with Crippen molar-refractivity contribution in [2.75, 3.05) is 0 Å². The second-order valence-corrected chi connectivity index (χ2v) is 10.9. The van der Waals surface area contributed by atoms with E-state index >= 15 is 0 Å². The molecule has 1 nitrogen and oxygen atoms in total. The second kappa shape index (κ2) is 8.44. The molecule has 38 heavy (non-hydrogen) atoms. The number of thiophene rings is 1. The minimum absolute atomic E-state index is 1.23. The van der Waals surface area contributed by atoms with Crippen LogP contribution < -0.4 is 0 Å². The number of benzene rings is 6. The molecule has 0 aliphatic heterocycles. The van der Waals surface area contributed by atoms with Crippen LogP contribution in [0.2, 0.25) is 0 Å². The maximum absolute atomic E-state index is 2.45. The van der Waals surface area contributed by atoms with Gasteiger partial charge in [-0.1, -0.05) is 97.1 Å². The Labute approximate surface area is 224 Å². The van der Waals surface area contributed by atoms with E-state index in [0.717, 1.165) is 0 Å². The summed E-state index contributed by atoms with van der Waals surface area (Å²) in [5.41, 5.74) is 8.65. The maximum atomic E-state index is 2.45. The Morgan fingerprint density at radius 2 is 1.03 bits per heavy atom. The number of nitrogens with zero attached hydrogens (tertiary/aromatic N) is 1. The number of aromatic nitrogens is 1. The van der Waals surface area contributed by atoms with Gasteiger partial charge in [0, 0.05) is 30.9 Å². The Balaban J connectivity index is 1.38. The molecule has 0 radical (unpaired) electrons. The molecule has 8 aromatic rings. The summed E-state index contributed by atoms with van der Waals surface area (Å²) in [4.78, 5) is 0. The number of para-hydroxylation sites is 1. The van der Waals surface area contributed by atoms with Crippen molar-refractivity contribution in [1.82, 2.24) is 4.57 Å². The van der Waals surface area contributed by atoms with Crippen LogP contribution in [-0.4, -0.2) is 4.57 Å². The molecule has 0 atom stereocenters. The zero-order valence-electron chi connectivity index (χ0n) is 20.6. The summed E-state index contributed by atoms with van der Waals surface area (Å²) >= 11 is 1.87. The van der Waals surface area contributed by atoms with Gasteiger partial charge in [-0.05, 0) is 64.7 Å². The third-order valence-electron chi connectivity index (χ3n) is 7.60. The SMILES string of the molecule is c1ccc(-c2cccc(-c3ccc4c(c3)c3ccccc3n4-c3cccc4sc5ccccc5c34)c2)cc1. The monoisotopic (exact) mass is 501 g/mol. The van der Waals surface area contributed by atoms with Crippen molar-refractivity contribution in [2.24, 2.45) is 0 Å². The molecule has 0 saturated heterocycles. The molecule has 2 heterocycles. The lowest BCUT2D eigenvalue weighted by atomic mass is 9.98. The molecular formula is C36H23NS. The van der Waals surface area contributed by atoms with Crippen LogP contribution in [0.3, 0.4) is 0 Å². The number of hydrogen-bond acceptors (Lipinski definition) is 1. The summed E-state index contributed by atoms with van der Waals surface area (Å²) in [6, 6.07) is 50.7. The Kier molecular flexibility index (Phi) is 4.76. The number of hydrogen-bond donors (Lipinski definition) is 0. The van der Waals surface area contributed by atoms with E-state index in [4.69, 9.17) is 0 Å². The average Bonchev–Trinajstić information content (AvgIpc) is 3.53. The van der Waals surface area contributed by atoms with E-state index in [9.17, 15) is 0 Å². The molecule has 2 heteroatoms. The van der Waals surface area contributed by atoms with Crippen molar-refractivity contribution in [3.05, 3.63) is 140 Å². The summed E-state index contributed by atoms with van der Waals surface area (Å²) < 4.78 is 5.11. The first kappa shape index (κ1) is 21.4. The van der Waals surface area contributed by atoms with Crippen LogP contribution in [0.15, 0.2) is 140 Å². The highest BCUT2D eigenvalue weighted by atomic mass is 32.1. The summed E-state index contributed by atoms with van der Waals surface area (Å²) in [5.74, 6) is 0. The first-order valence-corrected chi connectivity index (χ1v) is 13.8. The molecule has 0 spiro atoms. The average molecular weight is 502 g/mol. The molecule has 0 N–H and O–H groups in total. The van der Waals surface area contributed by atoms with Crippen LogP contribution in [0.4, 0.5) is 0 Å². The van der Waals surface area contributed by atoms with E-state index in [0.29, 0.717) is 0 Å². The standard InChI is InChI=1S/C36H23NS/c1-2-10-24(11-3-1)25-12-8-13-26(22-25)27-20-21-32-30(23-27)28-14-4-6-16-31(28)37(32)33-17-9-19-35-36(33)29-15-5-7-18-34(29)38-35/h1-23H. The van der Waals surface area contributed by atoms with Crippen molar-refractivity contribution >= 4 is 53.3 Å². The lowest BCUT2D eigenvalue weighted by Crippen LogP contribution is -1.94. The third kappa shape index (κ3) is 3.24. The molecule has 6 aromatic carbocycles. The smallest absolute Gasteiger partial charge is 0.0555 e. The van der Waals surface area contributed by atoms with Crippen molar-refractivity contribution in [3.8, 4) is 27.9 Å². The predicted molar refractivity (Wildman–Crippen MR) is 165 cm³/mol. The molecule has 0 unspecified atom stereocenters. The highest BCUT2D eigenvalue weighted by Gasteiger charge is 2.17. The lowest BCUT2D eigenvalue weighted by molar-refractivity contribution is 1.20. The van der Waals surface area contributed by atoms with Gasteiger partial charge >= 0.3 is 0 Å². The van der Waals surface area contributed by atoms with Crippen LogP contribution >= 0.6 is 11.3 Å². The van der Waals surface area contributed by atoms with Gasteiger partial charge in [-0.2, -0.15) is 0 Å². The first-order chi connectivity index (χ1) is 18.8. The van der Waals surface area contributed by atoms with E-state index in [1.807, 2.05) is 11.3 Å². The molecule has 0 fully saturated rings. The Morgan fingerprint density at radius 3 is 1.92 bits per heavy atom. The predicted octanol–water partition coefficient (Wildman–Crippen LogP) is 10.5. The summed E-state index contributed by atoms with van der Waals surface area (Å²) in [5, 5.41) is 5.21. The Morgan fingerprint density at radius 1 is 0.395 bits per heavy atom. The highest BCUT2D eigenvalue weighted by Crippen LogP contribution is 2.41. The van der Waals surface area contributed by atoms with Gasteiger partial charge in [0.1, 0.15) is 0 Å². The zero-order chi connectivity index (χ0) is 25.1. The van der Waals surface area contributed by atoms with Gasteiger partial charge in [-0.15, -0.1) is 11.3 Å². The van der Waals surface area contributed by atoms with Gasteiger partial charge in [0.15, 0.2) is 0 Å². The van der Waals surface area contributed by atoms with Gasteiger partial charge < -0.3 is 4.57 Å². The van der Waals surface area contributed by atoms with Gasteiger partial charge in [-0.3, -0.25) is 0 Å². The molecule has 178 valence electrons. The van der Waals surface area contributed by atoms with Crippen molar-refractivity contribution in [3.63, 3.8) is 0 Å². The molecule has 0 saturated carbocycles. The molecule has 0 aliphatic carbocycles. The highest BCUT2D eigenvalue weighted by molar-refractivity contribution is 7.25. The fourth-order valence-electron chi connectivity index (χ4n) is 5.86. The summed E-state index contributed by atoms with van der Waals surface area (Å²) in [6.45, 7) is 0.